The van der Waals surface area contributed by atoms with Gasteiger partial charge in [0, 0.05) is 19.3 Å². The Morgan fingerprint density at radius 2 is 1.28 bits per heavy atom. The molecule has 0 saturated carbocycles. The second-order valence-electron chi connectivity index (χ2n) is 11.0. The van der Waals surface area contributed by atoms with Crippen molar-refractivity contribution >= 4 is 17.9 Å². The van der Waals surface area contributed by atoms with Crippen LogP contribution in [0.25, 0.3) is 0 Å². The van der Waals surface area contributed by atoms with Crippen LogP contribution in [0.4, 0.5) is 0 Å². The van der Waals surface area contributed by atoms with Crippen LogP contribution in [0.5, 0.6) is 0 Å². The Bertz CT molecular complexity index is 712. The summed E-state index contributed by atoms with van der Waals surface area (Å²) in [5.41, 5.74) is 0. The average molecular weight is 555 g/mol. The van der Waals surface area contributed by atoms with E-state index in [2.05, 4.69) is 26.0 Å². The van der Waals surface area contributed by atoms with Crippen LogP contribution < -0.4 is 0 Å². The van der Waals surface area contributed by atoms with Gasteiger partial charge in [-0.15, -0.1) is 0 Å². The number of rotatable bonds is 25. The molecule has 0 amide bonds. The Morgan fingerprint density at radius 1 is 0.744 bits per heavy atom. The van der Waals surface area contributed by atoms with Gasteiger partial charge in [0.2, 0.25) is 0 Å². The number of carbonyl (C=O) groups excluding carboxylic acids is 2. The number of nitrogens with zero attached hydrogens (tertiary/aromatic N) is 1. The van der Waals surface area contributed by atoms with E-state index in [1.807, 2.05) is 33.3 Å². The lowest BCUT2D eigenvalue weighted by Crippen LogP contribution is -2.50. The molecular formula is C31H56NO7+. The maximum atomic E-state index is 12.4. The van der Waals surface area contributed by atoms with Gasteiger partial charge in [0.1, 0.15) is 6.61 Å². The average Bonchev–Trinajstić information content (AvgIpc) is 2.86. The van der Waals surface area contributed by atoms with Crippen molar-refractivity contribution in [2.45, 2.75) is 116 Å². The molecule has 1 N–H and O–H groups in total. The highest BCUT2D eigenvalue weighted by molar-refractivity contribution is 5.72. The van der Waals surface area contributed by atoms with Crippen LogP contribution in [0.1, 0.15) is 104 Å². The van der Waals surface area contributed by atoms with E-state index in [0.29, 0.717) is 19.3 Å². The summed E-state index contributed by atoms with van der Waals surface area (Å²) >= 11 is 0. The summed E-state index contributed by atoms with van der Waals surface area (Å²) in [7, 11) is 5.47. The topological polar surface area (TPSA) is 99.1 Å². The Morgan fingerprint density at radius 3 is 1.85 bits per heavy atom. The van der Waals surface area contributed by atoms with Crippen LogP contribution in [0, 0.1) is 0 Å². The van der Waals surface area contributed by atoms with Gasteiger partial charge in [0.25, 0.3) is 0 Å². The predicted octanol–water partition coefficient (Wildman–Crippen LogP) is 6.23. The molecular weight excluding hydrogens is 498 g/mol. The third-order valence-electron chi connectivity index (χ3n) is 6.35. The summed E-state index contributed by atoms with van der Waals surface area (Å²) in [6.45, 7) is 4.49. The molecule has 0 aromatic rings. The first-order valence-corrected chi connectivity index (χ1v) is 14.9. The Balaban J connectivity index is 4.65. The lowest BCUT2D eigenvalue weighted by molar-refractivity contribution is -0.887. The van der Waals surface area contributed by atoms with Crippen molar-refractivity contribution in [3.05, 3.63) is 24.3 Å². The van der Waals surface area contributed by atoms with Gasteiger partial charge in [-0.3, -0.25) is 9.59 Å². The van der Waals surface area contributed by atoms with Crippen LogP contribution in [-0.4, -0.2) is 80.6 Å². The van der Waals surface area contributed by atoms with Gasteiger partial charge >= 0.3 is 17.9 Å². The molecule has 0 radical (unpaired) electrons. The largest absolute Gasteiger partial charge is 0.477 e. The van der Waals surface area contributed by atoms with E-state index in [1.165, 1.54) is 38.5 Å². The Labute approximate surface area is 237 Å². The molecule has 0 fully saturated rings. The van der Waals surface area contributed by atoms with Crippen LogP contribution in [0.2, 0.25) is 0 Å². The number of unbranched alkanes of at least 4 members (excludes halogenated alkanes) is 7. The molecule has 0 bridgehead atoms. The van der Waals surface area contributed by atoms with Crippen LogP contribution >= 0.6 is 0 Å². The van der Waals surface area contributed by atoms with E-state index in [4.69, 9.17) is 14.2 Å². The normalized spacial score (nSPS) is 13.6. The van der Waals surface area contributed by atoms with Gasteiger partial charge in [0.15, 0.2) is 12.1 Å². The molecule has 0 aromatic heterocycles. The molecule has 2 unspecified atom stereocenters. The number of esters is 2. The minimum Gasteiger partial charge on any atom is -0.477 e. The van der Waals surface area contributed by atoms with Gasteiger partial charge in [-0.25, -0.2) is 4.79 Å². The first kappa shape index (κ1) is 36.8. The number of carboxylic acid groups (broad SMARTS) is 1. The lowest BCUT2D eigenvalue weighted by Gasteiger charge is -2.31. The summed E-state index contributed by atoms with van der Waals surface area (Å²) in [5, 5.41) is 9.49. The third kappa shape index (κ3) is 22.3. The standard InChI is InChI=1S/C31H55NO7/c1-6-8-10-12-14-16-17-19-21-29(33)38-26-27(25-37-24-23-28(31(35)36)32(3,4)5)39-30(34)22-20-18-15-13-11-9-7-2/h15-18,27-28H,6-14,19-26H2,1-5H3/p+1/b17-16+,18-15+. The predicted molar refractivity (Wildman–Crippen MR) is 155 cm³/mol. The molecule has 2 atom stereocenters. The van der Waals surface area contributed by atoms with Crippen molar-refractivity contribution in [3.8, 4) is 0 Å². The SMILES string of the molecule is CCCCC/C=C/CCC(=O)OC(COCCC(C(=O)O)[N+](C)(C)C)COC(=O)CC/C=C/CCCCCC. The van der Waals surface area contributed by atoms with Gasteiger partial charge in [-0.2, -0.15) is 0 Å². The molecule has 226 valence electrons. The molecule has 0 aliphatic rings. The monoisotopic (exact) mass is 554 g/mol. The zero-order valence-corrected chi connectivity index (χ0v) is 25.3. The molecule has 0 heterocycles. The molecule has 0 saturated heterocycles. The van der Waals surface area contributed by atoms with E-state index in [9.17, 15) is 19.5 Å². The zero-order chi connectivity index (χ0) is 29.4. The van der Waals surface area contributed by atoms with Crippen molar-refractivity contribution < 1.29 is 38.2 Å². The quantitative estimate of drug-likeness (QED) is 0.0618. The van der Waals surface area contributed by atoms with Crippen LogP contribution in [0.3, 0.4) is 0 Å². The van der Waals surface area contributed by atoms with E-state index in [1.54, 1.807) is 0 Å². The second-order valence-corrected chi connectivity index (χ2v) is 11.0. The van der Waals surface area contributed by atoms with Crippen LogP contribution in [0.15, 0.2) is 24.3 Å². The number of hydrogen-bond acceptors (Lipinski definition) is 6. The summed E-state index contributed by atoms with van der Waals surface area (Å²) in [6.07, 6.45) is 19.9. The minimum atomic E-state index is -0.888. The van der Waals surface area contributed by atoms with E-state index in [-0.39, 0.29) is 49.1 Å². The van der Waals surface area contributed by atoms with Gasteiger partial charge < -0.3 is 23.8 Å². The molecule has 0 rings (SSSR count). The van der Waals surface area contributed by atoms with Crippen molar-refractivity contribution in [1.29, 1.82) is 0 Å². The summed E-state index contributed by atoms with van der Waals surface area (Å²) in [4.78, 5) is 36.2. The highest BCUT2D eigenvalue weighted by atomic mass is 16.6. The summed E-state index contributed by atoms with van der Waals surface area (Å²) in [6, 6.07) is -0.618. The van der Waals surface area contributed by atoms with Crippen molar-refractivity contribution in [3.63, 3.8) is 0 Å². The number of ether oxygens (including phenoxy) is 3. The minimum absolute atomic E-state index is 0.0347. The molecule has 0 spiro atoms. The fraction of sp³-hybridized carbons (Fsp3) is 0.774. The van der Waals surface area contributed by atoms with E-state index < -0.39 is 18.1 Å². The number of quaternary nitrogens is 1. The smallest absolute Gasteiger partial charge is 0.362 e. The van der Waals surface area contributed by atoms with Gasteiger partial charge in [0.05, 0.1) is 34.4 Å². The summed E-state index contributed by atoms with van der Waals surface area (Å²) in [5.74, 6) is -1.61. The van der Waals surface area contributed by atoms with Crippen LogP contribution in [-0.2, 0) is 28.6 Å². The third-order valence-corrected chi connectivity index (χ3v) is 6.35. The van der Waals surface area contributed by atoms with Crippen molar-refractivity contribution in [2.75, 3.05) is 41.0 Å². The lowest BCUT2D eigenvalue weighted by atomic mass is 10.1. The molecule has 0 aliphatic carbocycles. The van der Waals surface area contributed by atoms with Crippen molar-refractivity contribution in [2.24, 2.45) is 0 Å². The first-order chi connectivity index (χ1) is 18.6. The van der Waals surface area contributed by atoms with E-state index in [0.717, 1.165) is 19.3 Å². The molecule has 39 heavy (non-hydrogen) atoms. The first-order valence-electron chi connectivity index (χ1n) is 14.9. The fourth-order valence-electron chi connectivity index (χ4n) is 3.95. The zero-order valence-electron chi connectivity index (χ0n) is 25.3. The Kier molecular flexibility index (Phi) is 22.3. The number of hydrogen-bond donors (Lipinski definition) is 1. The van der Waals surface area contributed by atoms with Gasteiger partial charge in [-0.05, 0) is 38.5 Å². The number of carboxylic acids is 1. The second kappa shape index (κ2) is 23.7. The highest BCUT2D eigenvalue weighted by Crippen LogP contribution is 2.10. The number of carbonyl (C=O) groups is 3. The van der Waals surface area contributed by atoms with Gasteiger partial charge in [-0.1, -0.05) is 70.3 Å². The molecule has 0 aromatic carbocycles. The number of likely N-dealkylation sites (N-methyl/N-ethyl adjacent to an activating group) is 1. The number of aliphatic carboxylic acids is 1. The maximum Gasteiger partial charge on any atom is 0.362 e. The Hall–Kier alpha value is -2.19. The molecule has 8 heteroatoms. The molecule has 0 aliphatic heterocycles. The molecule has 8 nitrogen and oxygen atoms in total. The number of allylic oxidation sites excluding steroid dienone is 4. The maximum absolute atomic E-state index is 12.4. The summed E-state index contributed by atoms with van der Waals surface area (Å²) < 4.78 is 16.9. The highest BCUT2D eigenvalue weighted by Gasteiger charge is 2.31. The van der Waals surface area contributed by atoms with Crippen molar-refractivity contribution in [1.82, 2.24) is 0 Å². The fourth-order valence-corrected chi connectivity index (χ4v) is 3.95. The van der Waals surface area contributed by atoms with E-state index >= 15 is 0 Å².